The molecule has 1 rings (SSSR count). The van der Waals surface area contributed by atoms with E-state index >= 15 is 0 Å². The second-order valence-corrected chi connectivity index (χ2v) is 5.46. The van der Waals surface area contributed by atoms with Gasteiger partial charge in [0.15, 0.2) is 0 Å². The van der Waals surface area contributed by atoms with Crippen LogP contribution >= 0.6 is 11.3 Å². The van der Waals surface area contributed by atoms with E-state index in [4.69, 9.17) is 5.11 Å². The molecule has 0 aliphatic rings. The lowest BCUT2D eigenvalue weighted by molar-refractivity contribution is -0.137. The average Bonchev–Trinajstić information content (AvgIpc) is 2.86. The fraction of sp³-hybridized carbons (Fsp3) is 0.615. The smallest absolute Gasteiger partial charge is 0.317 e. The van der Waals surface area contributed by atoms with Gasteiger partial charge in [0.1, 0.15) is 0 Å². The lowest BCUT2D eigenvalue weighted by Gasteiger charge is -2.26. The lowest BCUT2D eigenvalue weighted by atomic mass is 10.2. The zero-order chi connectivity index (χ0) is 15.0. The van der Waals surface area contributed by atoms with Crippen molar-refractivity contribution in [1.82, 2.24) is 15.2 Å². The molecule has 0 atom stereocenters. The van der Waals surface area contributed by atoms with Crippen LogP contribution in [0, 0.1) is 0 Å². The number of carboxylic acids is 1. The highest BCUT2D eigenvalue weighted by molar-refractivity contribution is 7.07. The number of amides is 2. The molecule has 1 aromatic rings. The van der Waals surface area contributed by atoms with E-state index in [1.165, 1.54) is 11.3 Å². The monoisotopic (exact) mass is 299 g/mol. The van der Waals surface area contributed by atoms with Gasteiger partial charge in [-0.15, -0.1) is 11.3 Å². The number of carbonyl (C=O) groups is 2. The van der Waals surface area contributed by atoms with Crippen molar-refractivity contribution in [2.75, 3.05) is 13.1 Å². The predicted molar refractivity (Wildman–Crippen MR) is 77.9 cm³/mol. The third-order valence-corrected chi connectivity index (χ3v) is 3.45. The van der Waals surface area contributed by atoms with Crippen molar-refractivity contribution < 1.29 is 14.7 Å². The fourth-order valence-electron chi connectivity index (χ4n) is 1.75. The van der Waals surface area contributed by atoms with Crippen LogP contribution in [0.25, 0.3) is 0 Å². The third kappa shape index (κ3) is 6.01. The molecular formula is C13H21N3O3S. The van der Waals surface area contributed by atoms with Crippen molar-refractivity contribution in [3.05, 3.63) is 16.6 Å². The SMILES string of the molecule is CC(C)N(CCCC(=O)O)C(=O)NCCc1cscn1. The average molecular weight is 299 g/mol. The number of thiazole rings is 1. The summed E-state index contributed by atoms with van der Waals surface area (Å²) in [6, 6.07) is -0.108. The van der Waals surface area contributed by atoms with Crippen molar-refractivity contribution in [2.45, 2.75) is 39.2 Å². The summed E-state index contributed by atoms with van der Waals surface area (Å²) in [6.07, 6.45) is 1.25. The van der Waals surface area contributed by atoms with Gasteiger partial charge >= 0.3 is 12.0 Å². The first kappa shape index (κ1) is 16.4. The van der Waals surface area contributed by atoms with Gasteiger partial charge in [0, 0.05) is 37.4 Å². The van der Waals surface area contributed by atoms with E-state index in [9.17, 15) is 9.59 Å². The van der Waals surface area contributed by atoms with Crippen LogP contribution in [0.15, 0.2) is 10.9 Å². The van der Waals surface area contributed by atoms with Gasteiger partial charge in [0.2, 0.25) is 0 Å². The van der Waals surface area contributed by atoms with Crippen LogP contribution in [-0.2, 0) is 11.2 Å². The number of nitrogens with zero attached hydrogens (tertiary/aromatic N) is 2. The molecule has 112 valence electrons. The Morgan fingerprint density at radius 3 is 2.80 bits per heavy atom. The predicted octanol–water partition coefficient (Wildman–Crippen LogP) is 1.97. The minimum Gasteiger partial charge on any atom is -0.481 e. The number of urea groups is 1. The Morgan fingerprint density at radius 1 is 1.50 bits per heavy atom. The molecule has 2 N–H and O–H groups in total. The lowest BCUT2D eigenvalue weighted by Crippen LogP contribution is -2.45. The van der Waals surface area contributed by atoms with Crippen molar-refractivity contribution >= 4 is 23.3 Å². The Hall–Kier alpha value is -1.63. The molecule has 0 saturated carbocycles. The molecule has 7 heteroatoms. The number of nitrogens with one attached hydrogen (secondary N) is 1. The standard InChI is InChI=1S/C13H21N3O3S/c1-10(2)16(7-3-4-12(17)18)13(19)14-6-5-11-8-20-9-15-11/h8-10H,3-7H2,1-2H3,(H,14,19)(H,17,18). The molecule has 1 aromatic heterocycles. The van der Waals surface area contributed by atoms with Crippen LogP contribution in [0.2, 0.25) is 0 Å². The molecule has 0 spiro atoms. The van der Waals surface area contributed by atoms with Gasteiger partial charge < -0.3 is 15.3 Å². The molecule has 1 heterocycles. The van der Waals surface area contributed by atoms with Gasteiger partial charge in [0.25, 0.3) is 0 Å². The summed E-state index contributed by atoms with van der Waals surface area (Å²) in [5.74, 6) is -0.836. The maximum Gasteiger partial charge on any atom is 0.317 e. The Bertz CT molecular complexity index is 421. The van der Waals surface area contributed by atoms with Crippen molar-refractivity contribution in [3.63, 3.8) is 0 Å². The van der Waals surface area contributed by atoms with Gasteiger partial charge in [-0.3, -0.25) is 4.79 Å². The van der Waals surface area contributed by atoms with E-state index in [0.29, 0.717) is 25.9 Å². The summed E-state index contributed by atoms with van der Waals surface area (Å²) in [5, 5.41) is 13.4. The van der Waals surface area contributed by atoms with E-state index in [1.807, 2.05) is 19.2 Å². The van der Waals surface area contributed by atoms with Gasteiger partial charge in [-0.1, -0.05) is 0 Å². The Kier molecular flexibility index (Phi) is 7.00. The molecule has 20 heavy (non-hydrogen) atoms. The number of aliphatic carboxylic acids is 1. The largest absolute Gasteiger partial charge is 0.481 e. The second-order valence-electron chi connectivity index (χ2n) is 4.75. The van der Waals surface area contributed by atoms with Gasteiger partial charge in [-0.2, -0.15) is 0 Å². The molecule has 6 nitrogen and oxygen atoms in total. The minimum absolute atomic E-state index is 0.0445. The van der Waals surface area contributed by atoms with E-state index in [0.717, 1.165) is 5.69 Å². The number of carbonyl (C=O) groups excluding carboxylic acids is 1. The first-order chi connectivity index (χ1) is 9.50. The maximum absolute atomic E-state index is 12.0. The molecule has 0 saturated heterocycles. The first-order valence-electron chi connectivity index (χ1n) is 6.64. The molecule has 0 unspecified atom stereocenters. The number of hydrogen-bond donors (Lipinski definition) is 2. The summed E-state index contributed by atoms with van der Waals surface area (Å²) in [6.45, 7) is 4.82. The summed E-state index contributed by atoms with van der Waals surface area (Å²) >= 11 is 1.53. The van der Waals surface area contributed by atoms with Crippen LogP contribution in [0.4, 0.5) is 4.79 Å². The van der Waals surface area contributed by atoms with Gasteiger partial charge in [-0.05, 0) is 20.3 Å². The molecule has 0 bridgehead atoms. The summed E-state index contributed by atoms with van der Waals surface area (Å²) in [7, 11) is 0. The second kappa shape index (κ2) is 8.52. The minimum atomic E-state index is -0.836. The number of rotatable bonds is 8. The zero-order valence-corrected chi connectivity index (χ0v) is 12.7. The van der Waals surface area contributed by atoms with Crippen LogP contribution < -0.4 is 5.32 Å². The van der Waals surface area contributed by atoms with Crippen molar-refractivity contribution in [3.8, 4) is 0 Å². The van der Waals surface area contributed by atoms with Crippen LogP contribution in [0.5, 0.6) is 0 Å². The van der Waals surface area contributed by atoms with E-state index < -0.39 is 5.97 Å². The van der Waals surface area contributed by atoms with Crippen LogP contribution in [0.1, 0.15) is 32.4 Å². The zero-order valence-electron chi connectivity index (χ0n) is 11.8. The molecule has 2 amide bonds. The number of aromatic nitrogens is 1. The van der Waals surface area contributed by atoms with E-state index in [1.54, 1.807) is 10.4 Å². The number of hydrogen-bond acceptors (Lipinski definition) is 4. The van der Waals surface area contributed by atoms with Crippen molar-refractivity contribution in [1.29, 1.82) is 0 Å². The molecule has 0 aliphatic carbocycles. The Labute approximate surface area is 122 Å². The van der Waals surface area contributed by atoms with Crippen molar-refractivity contribution in [2.24, 2.45) is 0 Å². The maximum atomic E-state index is 12.0. The third-order valence-electron chi connectivity index (χ3n) is 2.81. The van der Waals surface area contributed by atoms with E-state index in [-0.39, 0.29) is 18.5 Å². The summed E-state index contributed by atoms with van der Waals surface area (Å²) < 4.78 is 0. The highest BCUT2D eigenvalue weighted by Crippen LogP contribution is 2.04. The highest BCUT2D eigenvalue weighted by atomic mass is 32.1. The molecular weight excluding hydrogens is 278 g/mol. The van der Waals surface area contributed by atoms with Crippen LogP contribution in [0.3, 0.4) is 0 Å². The summed E-state index contributed by atoms with van der Waals surface area (Å²) in [4.78, 5) is 28.3. The van der Waals surface area contributed by atoms with Crippen LogP contribution in [-0.4, -0.2) is 46.1 Å². The molecule has 0 fully saturated rings. The highest BCUT2D eigenvalue weighted by Gasteiger charge is 2.16. The van der Waals surface area contributed by atoms with Gasteiger partial charge in [0.05, 0.1) is 11.2 Å². The first-order valence-corrected chi connectivity index (χ1v) is 7.58. The molecule has 0 aliphatic heterocycles. The fourth-order valence-corrected chi connectivity index (χ4v) is 2.35. The quantitative estimate of drug-likeness (QED) is 0.769. The number of carboxylic acid groups (broad SMARTS) is 1. The molecule has 0 radical (unpaired) electrons. The summed E-state index contributed by atoms with van der Waals surface area (Å²) in [5.41, 5.74) is 2.74. The van der Waals surface area contributed by atoms with Gasteiger partial charge in [-0.25, -0.2) is 9.78 Å². The topological polar surface area (TPSA) is 82.5 Å². The Balaban J connectivity index is 2.33. The Morgan fingerprint density at radius 2 is 2.25 bits per heavy atom. The molecule has 0 aromatic carbocycles. The van der Waals surface area contributed by atoms with E-state index in [2.05, 4.69) is 10.3 Å². The normalized spacial score (nSPS) is 10.6.